The Labute approximate surface area is 116 Å². The number of nitrogens with one attached hydrogen (secondary N) is 2. The largest absolute Gasteiger partial charge is 0.479 e. The van der Waals surface area contributed by atoms with Crippen molar-refractivity contribution in [3.63, 3.8) is 0 Å². The summed E-state index contributed by atoms with van der Waals surface area (Å²) in [6.07, 6.45) is -0.977. The second-order valence-electron chi connectivity index (χ2n) is 4.09. The second kappa shape index (κ2) is 8.13. The third-order valence-electron chi connectivity index (χ3n) is 2.58. The van der Waals surface area contributed by atoms with Gasteiger partial charge in [-0.25, -0.2) is 9.59 Å². The van der Waals surface area contributed by atoms with Gasteiger partial charge in [-0.3, -0.25) is 0 Å². The molecule has 1 rings (SSSR count). The van der Waals surface area contributed by atoms with E-state index < -0.39 is 18.1 Å². The lowest BCUT2D eigenvalue weighted by molar-refractivity contribution is -0.146. The van der Waals surface area contributed by atoms with Gasteiger partial charge in [-0.05, 0) is 18.1 Å². The molecule has 1 aromatic carbocycles. The number of hydrogen-bond donors (Lipinski definition) is 4. The van der Waals surface area contributed by atoms with Crippen LogP contribution in [0.2, 0.25) is 0 Å². The number of aliphatic hydroxyl groups excluding tert-OH is 1. The number of methoxy groups -OCH3 is 1. The number of aliphatic carboxylic acids is 1. The molecule has 7 heteroatoms. The molecule has 0 aliphatic heterocycles. The number of ether oxygens (including phenoxy) is 1. The maximum Gasteiger partial charge on any atom is 0.334 e. The molecule has 1 unspecified atom stereocenters. The Balaban J connectivity index is 2.55. The van der Waals surface area contributed by atoms with Gasteiger partial charge in [0, 0.05) is 12.8 Å². The van der Waals surface area contributed by atoms with E-state index in [2.05, 4.69) is 10.6 Å². The number of anilines is 1. The van der Waals surface area contributed by atoms with Crippen molar-refractivity contribution in [1.29, 1.82) is 0 Å². The zero-order chi connectivity index (χ0) is 15.0. The van der Waals surface area contributed by atoms with E-state index in [4.69, 9.17) is 14.9 Å². The van der Waals surface area contributed by atoms with Gasteiger partial charge in [-0.1, -0.05) is 18.2 Å². The molecule has 0 saturated carbocycles. The maximum atomic E-state index is 11.6. The number of carboxylic acids is 1. The summed E-state index contributed by atoms with van der Waals surface area (Å²) in [5.41, 5.74) is 1.52. The second-order valence-corrected chi connectivity index (χ2v) is 4.09. The predicted octanol–water partition coefficient (Wildman–Crippen LogP) is 0.443. The minimum atomic E-state index is -1.62. The van der Waals surface area contributed by atoms with E-state index in [0.717, 1.165) is 5.56 Å². The van der Waals surface area contributed by atoms with Crippen molar-refractivity contribution in [2.24, 2.45) is 0 Å². The van der Waals surface area contributed by atoms with Crippen LogP contribution in [-0.4, -0.2) is 48.6 Å². The van der Waals surface area contributed by atoms with Crippen molar-refractivity contribution < 1.29 is 24.5 Å². The van der Waals surface area contributed by atoms with Crippen LogP contribution in [0.3, 0.4) is 0 Å². The molecule has 2 amide bonds. The summed E-state index contributed by atoms with van der Waals surface area (Å²) in [6, 6.07) is 6.65. The molecule has 0 spiro atoms. The van der Waals surface area contributed by atoms with Crippen LogP contribution in [0.1, 0.15) is 5.56 Å². The molecule has 0 aliphatic rings. The van der Waals surface area contributed by atoms with Crippen LogP contribution < -0.4 is 10.6 Å². The zero-order valence-electron chi connectivity index (χ0n) is 11.1. The Morgan fingerprint density at radius 1 is 1.35 bits per heavy atom. The zero-order valence-corrected chi connectivity index (χ0v) is 11.1. The number of aliphatic hydroxyl groups is 1. The molecule has 0 bridgehead atoms. The molecule has 1 atom stereocenters. The number of benzene rings is 1. The molecular weight excluding hydrogens is 264 g/mol. The lowest BCUT2D eigenvalue weighted by Gasteiger charge is -2.12. The third kappa shape index (κ3) is 5.25. The van der Waals surface area contributed by atoms with E-state index in [0.29, 0.717) is 18.7 Å². The first-order valence-corrected chi connectivity index (χ1v) is 6.07. The van der Waals surface area contributed by atoms with Gasteiger partial charge in [-0.2, -0.15) is 0 Å². The van der Waals surface area contributed by atoms with Gasteiger partial charge < -0.3 is 25.6 Å². The normalized spacial score (nSPS) is 11.7. The first-order valence-electron chi connectivity index (χ1n) is 6.07. The van der Waals surface area contributed by atoms with Crippen molar-refractivity contribution in [2.45, 2.75) is 12.5 Å². The molecule has 0 aliphatic carbocycles. The predicted molar refractivity (Wildman–Crippen MR) is 72.7 cm³/mol. The molecular formula is C13H18N2O5. The summed E-state index contributed by atoms with van der Waals surface area (Å²) < 4.78 is 4.98. The van der Waals surface area contributed by atoms with Crippen LogP contribution in [0.5, 0.6) is 0 Å². The Morgan fingerprint density at radius 3 is 2.70 bits per heavy atom. The highest BCUT2D eigenvalue weighted by molar-refractivity contribution is 5.90. The molecule has 0 aromatic heterocycles. The van der Waals surface area contributed by atoms with Crippen LogP contribution in [0, 0.1) is 0 Å². The van der Waals surface area contributed by atoms with E-state index in [-0.39, 0.29) is 6.54 Å². The summed E-state index contributed by atoms with van der Waals surface area (Å²) in [5.74, 6) is -1.38. The first kappa shape index (κ1) is 15.9. The van der Waals surface area contributed by atoms with Crippen molar-refractivity contribution in [1.82, 2.24) is 5.32 Å². The van der Waals surface area contributed by atoms with Gasteiger partial charge in [0.1, 0.15) is 0 Å². The van der Waals surface area contributed by atoms with Crippen LogP contribution in [0.25, 0.3) is 0 Å². The van der Waals surface area contributed by atoms with Crippen LogP contribution in [0.4, 0.5) is 10.5 Å². The van der Waals surface area contributed by atoms with Crippen molar-refractivity contribution in [3.05, 3.63) is 29.8 Å². The number of hydrogen-bond acceptors (Lipinski definition) is 4. The fourth-order valence-corrected chi connectivity index (χ4v) is 1.52. The number of carbonyl (C=O) groups is 2. The highest BCUT2D eigenvalue weighted by atomic mass is 16.5. The maximum absolute atomic E-state index is 11.6. The first-order chi connectivity index (χ1) is 9.54. The number of carboxylic acid groups (broad SMARTS) is 1. The summed E-state index contributed by atoms with van der Waals surface area (Å²) in [6.45, 7) is 0.166. The van der Waals surface area contributed by atoms with Crippen LogP contribution in [-0.2, 0) is 16.0 Å². The minimum absolute atomic E-state index is 0.360. The van der Waals surface area contributed by atoms with Crippen LogP contribution >= 0.6 is 0 Å². The highest BCUT2D eigenvalue weighted by Gasteiger charge is 2.14. The van der Waals surface area contributed by atoms with Crippen molar-refractivity contribution in [2.75, 3.05) is 25.6 Å². The highest BCUT2D eigenvalue weighted by Crippen LogP contribution is 2.15. The van der Waals surface area contributed by atoms with E-state index in [9.17, 15) is 9.59 Å². The number of amides is 2. The molecule has 4 N–H and O–H groups in total. The lowest BCUT2D eigenvalue weighted by Crippen LogP contribution is -2.38. The van der Waals surface area contributed by atoms with Gasteiger partial charge in [0.2, 0.25) is 0 Å². The number of urea groups is 1. The quantitative estimate of drug-likeness (QED) is 0.580. The van der Waals surface area contributed by atoms with Gasteiger partial charge in [0.25, 0.3) is 0 Å². The smallest absolute Gasteiger partial charge is 0.334 e. The minimum Gasteiger partial charge on any atom is -0.479 e. The van der Waals surface area contributed by atoms with Crippen LogP contribution in [0.15, 0.2) is 24.3 Å². The summed E-state index contributed by atoms with van der Waals surface area (Å²) in [7, 11) is 1.59. The van der Waals surface area contributed by atoms with E-state index in [1.54, 1.807) is 19.2 Å². The standard InChI is InChI=1S/C13H18N2O5/c1-20-7-6-9-4-2-3-5-10(9)15-13(19)14-8-11(16)12(17)18/h2-5,11,16H,6-8H2,1H3,(H,17,18)(H2,14,15,19). The molecule has 7 nitrogen and oxygen atoms in total. The van der Waals surface area contributed by atoms with Gasteiger partial charge in [-0.15, -0.1) is 0 Å². The SMILES string of the molecule is COCCc1ccccc1NC(=O)NCC(O)C(=O)O. The Hall–Kier alpha value is -2.12. The average Bonchev–Trinajstić information content (AvgIpc) is 2.43. The summed E-state index contributed by atoms with van der Waals surface area (Å²) >= 11 is 0. The Kier molecular flexibility index (Phi) is 6.48. The van der Waals surface area contributed by atoms with E-state index in [1.165, 1.54) is 0 Å². The number of carbonyl (C=O) groups excluding carboxylic acids is 1. The van der Waals surface area contributed by atoms with Crippen molar-refractivity contribution >= 4 is 17.7 Å². The molecule has 110 valence electrons. The van der Waals surface area contributed by atoms with Gasteiger partial charge >= 0.3 is 12.0 Å². The molecule has 0 heterocycles. The summed E-state index contributed by atoms with van der Waals surface area (Å²) in [4.78, 5) is 22.0. The van der Waals surface area contributed by atoms with Gasteiger partial charge in [0.15, 0.2) is 6.10 Å². The van der Waals surface area contributed by atoms with Gasteiger partial charge in [0.05, 0.1) is 13.2 Å². The van der Waals surface area contributed by atoms with Crippen molar-refractivity contribution in [3.8, 4) is 0 Å². The summed E-state index contributed by atoms with van der Waals surface area (Å²) in [5, 5.41) is 22.4. The molecule has 20 heavy (non-hydrogen) atoms. The molecule has 1 aromatic rings. The molecule has 0 radical (unpaired) electrons. The number of rotatable bonds is 7. The molecule has 0 fully saturated rings. The number of para-hydroxylation sites is 1. The lowest BCUT2D eigenvalue weighted by atomic mass is 10.1. The fourth-order valence-electron chi connectivity index (χ4n) is 1.52. The monoisotopic (exact) mass is 282 g/mol. The Bertz CT molecular complexity index is 464. The average molecular weight is 282 g/mol. The Morgan fingerprint density at radius 2 is 2.05 bits per heavy atom. The molecule has 0 saturated heterocycles. The van der Waals surface area contributed by atoms with E-state index >= 15 is 0 Å². The fraction of sp³-hybridized carbons (Fsp3) is 0.385. The topological polar surface area (TPSA) is 108 Å². The third-order valence-corrected chi connectivity index (χ3v) is 2.58. The van der Waals surface area contributed by atoms with E-state index in [1.807, 2.05) is 12.1 Å².